The number of aliphatic hydroxyl groups is 1. The SMILES string of the molecule is CCCCn1c(N)c(N(CCO)CC(F)F)c(=O)[nH]c1=O. The van der Waals surface area contributed by atoms with Crippen molar-refractivity contribution in [3.63, 3.8) is 0 Å². The maximum absolute atomic E-state index is 12.6. The first kappa shape index (κ1) is 17.2. The van der Waals surface area contributed by atoms with Crippen LogP contribution in [0.1, 0.15) is 19.8 Å². The topological polar surface area (TPSA) is 104 Å². The summed E-state index contributed by atoms with van der Waals surface area (Å²) in [5.41, 5.74) is 4.09. The summed E-state index contributed by atoms with van der Waals surface area (Å²) < 4.78 is 26.3. The molecule has 0 aliphatic heterocycles. The fourth-order valence-corrected chi connectivity index (χ4v) is 2.00. The molecule has 0 amide bonds. The van der Waals surface area contributed by atoms with Crippen molar-refractivity contribution >= 4 is 11.5 Å². The third-order valence-corrected chi connectivity index (χ3v) is 2.99. The first-order chi connectivity index (χ1) is 9.92. The van der Waals surface area contributed by atoms with E-state index in [1.54, 1.807) is 0 Å². The van der Waals surface area contributed by atoms with Crippen LogP contribution in [0.5, 0.6) is 0 Å². The molecule has 0 bridgehead atoms. The molecule has 1 aromatic heterocycles. The highest BCUT2D eigenvalue weighted by Gasteiger charge is 2.21. The molecule has 0 aliphatic rings. The maximum atomic E-state index is 12.6. The zero-order valence-corrected chi connectivity index (χ0v) is 11.8. The predicted octanol–water partition coefficient (Wildman–Crippen LogP) is -0.0173. The van der Waals surface area contributed by atoms with Gasteiger partial charge in [-0.3, -0.25) is 14.3 Å². The lowest BCUT2D eigenvalue weighted by molar-refractivity contribution is 0.152. The number of rotatable bonds is 8. The van der Waals surface area contributed by atoms with Crippen LogP contribution in [0.3, 0.4) is 0 Å². The minimum atomic E-state index is -2.70. The number of hydrogen-bond acceptors (Lipinski definition) is 5. The monoisotopic (exact) mass is 306 g/mol. The van der Waals surface area contributed by atoms with Gasteiger partial charge in [-0.15, -0.1) is 0 Å². The molecule has 1 rings (SSSR count). The van der Waals surface area contributed by atoms with E-state index in [0.29, 0.717) is 6.42 Å². The van der Waals surface area contributed by atoms with Crippen molar-refractivity contribution in [1.29, 1.82) is 0 Å². The van der Waals surface area contributed by atoms with Gasteiger partial charge in [0.2, 0.25) is 0 Å². The van der Waals surface area contributed by atoms with E-state index < -0.39 is 30.8 Å². The summed E-state index contributed by atoms with van der Waals surface area (Å²) in [6.45, 7) is 0.860. The molecule has 0 aromatic carbocycles. The number of aromatic amines is 1. The standard InChI is InChI=1S/C12H20F2N4O3/c1-2-3-4-18-10(15)9(11(20)16-12(18)21)17(5-6-19)7-8(13)14/h8,19H,2-7,15H2,1H3,(H,16,20,21). The zero-order chi connectivity index (χ0) is 16.0. The Hall–Kier alpha value is -1.90. The van der Waals surface area contributed by atoms with Gasteiger partial charge in [0.1, 0.15) is 11.5 Å². The molecular formula is C12H20F2N4O3. The molecule has 0 spiro atoms. The molecule has 4 N–H and O–H groups in total. The van der Waals surface area contributed by atoms with E-state index >= 15 is 0 Å². The first-order valence-electron chi connectivity index (χ1n) is 6.68. The summed E-state index contributed by atoms with van der Waals surface area (Å²) in [6, 6.07) is 0. The normalized spacial score (nSPS) is 11.1. The molecule has 120 valence electrons. The number of H-pyrrole nitrogens is 1. The fraction of sp³-hybridized carbons (Fsp3) is 0.667. The van der Waals surface area contributed by atoms with E-state index in [-0.39, 0.29) is 24.6 Å². The summed E-state index contributed by atoms with van der Waals surface area (Å²) in [6.07, 6.45) is -1.24. The van der Waals surface area contributed by atoms with Crippen molar-refractivity contribution in [1.82, 2.24) is 9.55 Å². The quantitative estimate of drug-likeness (QED) is 0.626. The maximum Gasteiger partial charge on any atom is 0.330 e. The van der Waals surface area contributed by atoms with Gasteiger partial charge in [-0.2, -0.15) is 0 Å². The van der Waals surface area contributed by atoms with Crippen molar-refractivity contribution in [3.05, 3.63) is 20.8 Å². The summed E-state index contributed by atoms with van der Waals surface area (Å²) in [4.78, 5) is 26.7. The van der Waals surface area contributed by atoms with E-state index in [2.05, 4.69) is 4.98 Å². The van der Waals surface area contributed by atoms with Crippen LogP contribution in [0.15, 0.2) is 9.59 Å². The van der Waals surface area contributed by atoms with E-state index in [4.69, 9.17) is 10.8 Å². The molecule has 9 heteroatoms. The van der Waals surface area contributed by atoms with Gasteiger partial charge in [-0.25, -0.2) is 13.6 Å². The predicted molar refractivity (Wildman–Crippen MR) is 75.9 cm³/mol. The molecular weight excluding hydrogens is 286 g/mol. The van der Waals surface area contributed by atoms with Crippen LogP contribution in [-0.2, 0) is 6.54 Å². The average Bonchev–Trinajstić information content (AvgIpc) is 2.37. The number of nitrogens with two attached hydrogens (primary N) is 1. The van der Waals surface area contributed by atoms with Crippen LogP contribution in [0.25, 0.3) is 0 Å². The minimum Gasteiger partial charge on any atom is -0.395 e. The van der Waals surface area contributed by atoms with Gasteiger partial charge in [-0.05, 0) is 6.42 Å². The number of aliphatic hydroxyl groups excluding tert-OH is 1. The van der Waals surface area contributed by atoms with E-state index in [9.17, 15) is 18.4 Å². The highest BCUT2D eigenvalue weighted by atomic mass is 19.3. The molecule has 1 heterocycles. The molecule has 0 aliphatic carbocycles. The van der Waals surface area contributed by atoms with Crippen LogP contribution in [0.2, 0.25) is 0 Å². The van der Waals surface area contributed by atoms with Crippen molar-refractivity contribution in [2.45, 2.75) is 32.7 Å². The van der Waals surface area contributed by atoms with Crippen molar-refractivity contribution in [3.8, 4) is 0 Å². The number of hydrogen-bond donors (Lipinski definition) is 3. The Morgan fingerprint density at radius 2 is 2.10 bits per heavy atom. The lowest BCUT2D eigenvalue weighted by Crippen LogP contribution is -2.41. The Morgan fingerprint density at radius 1 is 1.43 bits per heavy atom. The summed E-state index contributed by atoms with van der Waals surface area (Å²) >= 11 is 0. The van der Waals surface area contributed by atoms with Crippen LogP contribution >= 0.6 is 0 Å². The molecule has 0 saturated carbocycles. The van der Waals surface area contributed by atoms with Crippen LogP contribution in [0, 0.1) is 0 Å². The van der Waals surface area contributed by atoms with Gasteiger partial charge in [0, 0.05) is 13.1 Å². The minimum absolute atomic E-state index is 0.161. The Labute approximate surface area is 120 Å². The number of unbranched alkanes of at least 4 members (excludes halogenated alkanes) is 1. The van der Waals surface area contributed by atoms with E-state index in [1.165, 1.54) is 0 Å². The molecule has 7 nitrogen and oxygen atoms in total. The number of anilines is 2. The van der Waals surface area contributed by atoms with Crippen molar-refractivity contribution in [2.75, 3.05) is 30.3 Å². The Bertz CT molecular complexity index is 571. The second-order valence-electron chi connectivity index (χ2n) is 4.56. The largest absolute Gasteiger partial charge is 0.395 e. The highest BCUT2D eigenvalue weighted by molar-refractivity contribution is 5.62. The summed E-state index contributed by atoms with van der Waals surface area (Å²) in [7, 11) is 0. The average molecular weight is 306 g/mol. The van der Waals surface area contributed by atoms with Gasteiger partial charge in [0.15, 0.2) is 0 Å². The Kier molecular flexibility index (Phi) is 6.35. The molecule has 0 fully saturated rings. The molecule has 0 radical (unpaired) electrons. The first-order valence-corrected chi connectivity index (χ1v) is 6.68. The highest BCUT2D eigenvalue weighted by Crippen LogP contribution is 2.17. The third kappa shape index (κ3) is 4.28. The van der Waals surface area contributed by atoms with E-state index in [1.807, 2.05) is 6.92 Å². The molecule has 0 unspecified atom stereocenters. The lowest BCUT2D eigenvalue weighted by atomic mass is 10.3. The number of nitrogens with zero attached hydrogens (tertiary/aromatic N) is 2. The number of aromatic nitrogens is 2. The second kappa shape index (κ2) is 7.77. The zero-order valence-electron chi connectivity index (χ0n) is 11.8. The molecule has 0 atom stereocenters. The van der Waals surface area contributed by atoms with Gasteiger partial charge >= 0.3 is 5.69 Å². The van der Waals surface area contributed by atoms with Crippen LogP contribution < -0.4 is 21.9 Å². The lowest BCUT2D eigenvalue weighted by Gasteiger charge is -2.25. The van der Waals surface area contributed by atoms with Gasteiger partial charge < -0.3 is 15.7 Å². The molecule has 21 heavy (non-hydrogen) atoms. The van der Waals surface area contributed by atoms with E-state index in [0.717, 1.165) is 15.9 Å². The van der Waals surface area contributed by atoms with Crippen LogP contribution in [0.4, 0.5) is 20.3 Å². The van der Waals surface area contributed by atoms with Gasteiger partial charge in [0.25, 0.3) is 12.0 Å². The van der Waals surface area contributed by atoms with Gasteiger partial charge in [-0.1, -0.05) is 13.3 Å². The summed E-state index contributed by atoms with van der Waals surface area (Å²) in [5.74, 6) is -0.161. The number of halogens is 2. The van der Waals surface area contributed by atoms with Gasteiger partial charge in [0.05, 0.1) is 13.2 Å². The molecule has 1 aromatic rings. The Morgan fingerprint density at radius 3 is 2.62 bits per heavy atom. The summed E-state index contributed by atoms with van der Waals surface area (Å²) in [5, 5.41) is 8.95. The smallest absolute Gasteiger partial charge is 0.330 e. The van der Waals surface area contributed by atoms with Crippen molar-refractivity contribution in [2.24, 2.45) is 0 Å². The van der Waals surface area contributed by atoms with Crippen molar-refractivity contribution < 1.29 is 13.9 Å². The number of nitrogens with one attached hydrogen (secondary N) is 1. The number of alkyl halides is 2. The van der Waals surface area contributed by atoms with Crippen LogP contribution in [-0.4, -0.2) is 40.8 Å². The second-order valence-corrected chi connectivity index (χ2v) is 4.56. The molecule has 0 saturated heterocycles. The third-order valence-electron chi connectivity index (χ3n) is 2.99. The fourth-order valence-electron chi connectivity index (χ4n) is 2.00. The number of nitrogen functional groups attached to an aromatic ring is 1. The Balaban J connectivity index is 3.31.